The van der Waals surface area contributed by atoms with Crippen molar-refractivity contribution in [3.63, 3.8) is 0 Å². The van der Waals surface area contributed by atoms with Gasteiger partial charge in [0.1, 0.15) is 6.10 Å². The van der Waals surface area contributed by atoms with E-state index < -0.39 is 18.2 Å². The maximum absolute atomic E-state index is 10.5. The molecule has 6 atom stereocenters. The number of hydrogen-bond acceptors (Lipinski definition) is 4. The molecule has 2 saturated carbocycles. The minimum Gasteiger partial charge on any atom is -0.481 e. The molecule has 0 radical (unpaired) electrons. The van der Waals surface area contributed by atoms with Crippen LogP contribution in [-0.4, -0.2) is 46.7 Å². The van der Waals surface area contributed by atoms with Crippen LogP contribution in [0.3, 0.4) is 0 Å². The van der Waals surface area contributed by atoms with Crippen LogP contribution in [0.1, 0.15) is 58.8 Å². The smallest absolute Gasteiger partial charge is 0.303 e. The van der Waals surface area contributed by atoms with Crippen molar-refractivity contribution in [2.45, 2.75) is 71.0 Å². The monoisotopic (exact) mass is 402 g/mol. The van der Waals surface area contributed by atoms with Crippen LogP contribution in [0.2, 0.25) is 0 Å². The standard InChI is InChI=1S/C24H34O5/c1-3-4-5-7-17(2)22(25)10-9-20-21-15-18(14-19(21)16-23(20)26)11-13-29-12-6-8-24(27)28/h11,17,19-23,25-26H,3,6-8,12-16H2,1-2H3,(H,27,28)/b18-11+/t17-,19-,20+,21-,22+,23+/m0/s1. The summed E-state index contributed by atoms with van der Waals surface area (Å²) >= 11 is 0. The summed E-state index contributed by atoms with van der Waals surface area (Å²) in [5.41, 5.74) is 1.33. The zero-order valence-corrected chi connectivity index (χ0v) is 17.6. The van der Waals surface area contributed by atoms with Crippen molar-refractivity contribution in [2.75, 3.05) is 13.2 Å². The first-order valence-corrected chi connectivity index (χ1v) is 10.7. The van der Waals surface area contributed by atoms with Gasteiger partial charge in [-0.2, -0.15) is 0 Å². The van der Waals surface area contributed by atoms with Crippen LogP contribution >= 0.6 is 0 Å². The topological polar surface area (TPSA) is 87.0 Å². The molecule has 2 aliphatic carbocycles. The number of carboxylic acids is 1. The molecule has 0 aliphatic heterocycles. The molecule has 0 amide bonds. The summed E-state index contributed by atoms with van der Waals surface area (Å²) in [5, 5.41) is 29.3. The van der Waals surface area contributed by atoms with E-state index in [1.165, 1.54) is 5.57 Å². The van der Waals surface area contributed by atoms with Crippen LogP contribution in [0.15, 0.2) is 11.6 Å². The van der Waals surface area contributed by atoms with Crippen molar-refractivity contribution in [2.24, 2.45) is 23.7 Å². The molecule has 0 saturated heterocycles. The van der Waals surface area contributed by atoms with E-state index in [2.05, 4.69) is 29.8 Å². The Morgan fingerprint density at radius 3 is 2.86 bits per heavy atom. The summed E-state index contributed by atoms with van der Waals surface area (Å²) < 4.78 is 5.50. The van der Waals surface area contributed by atoms with Crippen molar-refractivity contribution in [3.8, 4) is 23.7 Å². The fraction of sp³-hybridized carbons (Fsp3) is 0.708. The normalized spacial score (nSPS) is 28.8. The summed E-state index contributed by atoms with van der Waals surface area (Å²) in [5.74, 6) is 12.1. The molecule has 0 aromatic heterocycles. The van der Waals surface area contributed by atoms with Gasteiger partial charge < -0.3 is 20.1 Å². The van der Waals surface area contributed by atoms with Gasteiger partial charge in [0.15, 0.2) is 0 Å². The second-order valence-corrected chi connectivity index (χ2v) is 8.22. The van der Waals surface area contributed by atoms with Gasteiger partial charge in [0.25, 0.3) is 0 Å². The molecule has 0 heterocycles. The Bertz CT molecular complexity index is 690. The lowest BCUT2D eigenvalue weighted by molar-refractivity contribution is -0.137. The van der Waals surface area contributed by atoms with Gasteiger partial charge in [-0.1, -0.05) is 37.3 Å². The Morgan fingerprint density at radius 1 is 1.34 bits per heavy atom. The Morgan fingerprint density at radius 2 is 2.14 bits per heavy atom. The van der Waals surface area contributed by atoms with E-state index in [0.717, 1.165) is 25.7 Å². The van der Waals surface area contributed by atoms with Crippen molar-refractivity contribution in [1.82, 2.24) is 0 Å². The number of aliphatic carboxylic acids is 1. The molecule has 160 valence electrons. The van der Waals surface area contributed by atoms with Gasteiger partial charge in [-0.05, 0) is 37.5 Å². The molecule has 2 fully saturated rings. The van der Waals surface area contributed by atoms with Gasteiger partial charge in [0.05, 0.1) is 12.7 Å². The number of aliphatic hydroxyl groups excluding tert-OH is 2. The highest BCUT2D eigenvalue weighted by Gasteiger charge is 2.45. The SMILES string of the molecule is CCC#CC[C@H](C)[C@H](O)C#C[C@@H]1[C@H]2C/C(=C/COCCCC(=O)O)C[C@H]2C[C@H]1O. The Labute approximate surface area is 174 Å². The van der Waals surface area contributed by atoms with E-state index in [9.17, 15) is 15.0 Å². The number of carboxylic acid groups (broad SMARTS) is 1. The van der Waals surface area contributed by atoms with Gasteiger partial charge in [-0.3, -0.25) is 4.79 Å². The Balaban J connectivity index is 1.83. The van der Waals surface area contributed by atoms with E-state index in [0.29, 0.717) is 37.9 Å². The van der Waals surface area contributed by atoms with Crippen LogP contribution < -0.4 is 0 Å². The summed E-state index contributed by atoms with van der Waals surface area (Å²) in [6, 6.07) is 0. The second-order valence-electron chi connectivity index (χ2n) is 8.22. The zero-order chi connectivity index (χ0) is 21.2. The molecular formula is C24H34O5. The minimum absolute atomic E-state index is 0.00629. The van der Waals surface area contributed by atoms with E-state index in [-0.39, 0.29) is 18.3 Å². The predicted molar refractivity (Wildman–Crippen MR) is 112 cm³/mol. The number of hydrogen-bond donors (Lipinski definition) is 3. The maximum atomic E-state index is 10.5. The lowest BCUT2D eigenvalue weighted by atomic mass is 9.91. The molecular weight excluding hydrogens is 368 g/mol. The summed E-state index contributed by atoms with van der Waals surface area (Å²) in [6.07, 6.45) is 5.69. The van der Waals surface area contributed by atoms with E-state index in [1.807, 2.05) is 13.8 Å². The maximum Gasteiger partial charge on any atom is 0.303 e. The molecule has 2 rings (SSSR count). The molecule has 0 aromatic carbocycles. The van der Waals surface area contributed by atoms with Crippen LogP contribution in [0, 0.1) is 47.4 Å². The third-order valence-corrected chi connectivity index (χ3v) is 5.88. The summed E-state index contributed by atoms with van der Waals surface area (Å²) in [4.78, 5) is 10.5. The number of carbonyl (C=O) groups is 1. The zero-order valence-electron chi connectivity index (χ0n) is 17.6. The predicted octanol–water partition coefficient (Wildman–Crippen LogP) is 3.01. The number of rotatable bonds is 8. The van der Waals surface area contributed by atoms with Crippen LogP contribution in [0.4, 0.5) is 0 Å². The molecule has 3 N–H and O–H groups in total. The third kappa shape index (κ3) is 7.52. The van der Waals surface area contributed by atoms with E-state index in [1.54, 1.807) is 0 Å². The highest BCUT2D eigenvalue weighted by atomic mass is 16.5. The van der Waals surface area contributed by atoms with Crippen molar-refractivity contribution < 1.29 is 24.9 Å². The van der Waals surface area contributed by atoms with E-state index in [4.69, 9.17) is 9.84 Å². The molecule has 0 aromatic rings. The van der Waals surface area contributed by atoms with Crippen molar-refractivity contribution >= 4 is 5.97 Å². The quantitative estimate of drug-likeness (QED) is 0.330. The van der Waals surface area contributed by atoms with Gasteiger partial charge in [-0.25, -0.2) is 0 Å². The highest BCUT2D eigenvalue weighted by molar-refractivity contribution is 5.66. The average molecular weight is 403 g/mol. The van der Waals surface area contributed by atoms with Gasteiger partial charge >= 0.3 is 5.97 Å². The van der Waals surface area contributed by atoms with Gasteiger partial charge in [0, 0.05) is 37.7 Å². The fourth-order valence-corrected chi connectivity index (χ4v) is 4.21. The molecule has 29 heavy (non-hydrogen) atoms. The van der Waals surface area contributed by atoms with Gasteiger partial charge in [0.2, 0.25) is 0 Å². The molecule has 5 nitrogen and oxygen atoms in total. The second kappa shape index (κ2) is 12.0. The summed E-state index contributed by atoms with van der Waals surface area (Å²) in [7, 11) is 0. The number of ether oxygens (including phenoxy) is 1. The average Bonchev–Trinajstić information content (AvgIpc) is 3.18. The van der Waals surface area contributed by atoms with Crippen molar-refractivity contribution in [3.05, 3.63) is 11.6 Å². The first kappa shape index (κ1) is 23.5. The first-order chi connectivity index (χ1) is 13.9. The first-order valence-electron chi connectivity index (χ1n) is 10.7. The number of aliphatic hydroxyl groups is 2. The number of allylic oxidation sites excluding steroid dienone is 1. The fourth-order valence-electron chi connectivity index (χ4n) is 4.21. The lowest BCUT2D eigenvalue weighted by Crippen LogP contribution is -2.19. The molecule has 0 spiro atoms. The van der Waals surface area contributed by atoms with Crippen LogP contribution in [-0.2, 0) is 9.53 Å². The Hall–Kier alpha value is -1.79. The molecule has 5 heteroatoms. The minimum atomic E-state index is -0.797. The summed E-state index contributed by atoms with van der Waals surface area (Å²) in [6.45, 7) is 4.91. The van der Waals surface area contributed by atoms with E-state index >= 15 is 0 Å². The number of fused-ring (bicyclic) bond motifs is 1. The lowest BCUT2D eigenvalue weighted by Gasteiger charge is -2.16. The van der Waals surface area contributed by atoms with Crippen molar-refractivity contribution in [1.29, 1.82) is 0 Å². The molecule has 0 bridgehead atoms. The molecule has 0 unspecified atom stereocenters. The van der Waals surface area contributed by atoms with Gasteiger partial charge in [-0.15, -0.1) is 11.8 Å². The third-order valence-electron chi connectivity index (χ3n) is 5.88. The highest BCUT2D eigenvalue weighted by Crippen LogP contribution is 2.49. The van der Waals surface area contributed by atoms with Crippen LogP contribution in [0.25, 0.3) is 0 Å². The largest absolute Gasteiger partial charge is 0.481 e. The molecule has 2 aliphatic rings. The van der Waals surface area contributed by atoms with Crippen LogP contribution in [0.5, 0.6) is 0 Å². The Kier molecular flexibility index (Phi) is 9.74.